The number of hydrogen-bond acceptors (Lipinski definition) is 4. The van der Waals surface area contributed by atoms with Gasteiger partial charge >= 0.3 is 12.2 Å². The lowest BCUT2D eigenvalue weighted by atomic mass is 10.2. The Hall–Kier alpha value is -3.11. The quantitative estimate of drug-likeness (QED) is 0.609. The van der Waals surface area contributed by atoms with E-state index in [1.165, 1.54) is 30.5 Å². The van der Waals surface area contributed by atoms with Crippen molar-refractivity contribution in [3.8, 4) is 11.6 Å². The molecule has 158 valence electrons. The van der Waals surface area contributed by atoms with E-state index in [0.29, 0.717) is 11.1 Å². The fourth-order valence-electron chi connectivity index (χ4n) is 2.13. The lowest BCUT2D eigenvalue weighted by molar-refractivity contribution is -0.154. The minimum Gasteiger partial charge on any atom is -0.488 e. The Morgan fingerprint density at radius 2 is 1.72 bits per heavy atom. The van der Waals surface area contributed by atoms with E-state index in [9.17, 15) is 26.7 Å². The van der Waals surface area contributed by atoms with Crippen LogP contribution in [0.2, 0.25) is 0 Å². The number of halogens is 5. The zero-order chi connectivity index (χ0) is 21.3. The standard InChI is InChI=1S/C18H18F5N3O3/c19-15(20)10-28-14-3-1-2-12(6-14)8-25-17(27)26-9-13-4-5-24-16(7-13)29-11-18(21,22)23/h1-7,15H,8-11H2,(H2,25,26,27). The van der Waals surface area contributed by atoms with Gasteiger partial charge in [-0.05, 0) is 29.3 Å². The first-order valence-corrected chi connectivity index (χ1v) is 8.37. The highest BCUT2D eigenvalue weighted by atomic mass is 19.4. The normalized spacial score (nSPS) is 11.2. The first-order valence-electron chi connectivity index (χ1n) is 8.37. The van der Waals surface area contributed by atoms with E-state index >= 15 is 0 Å². The number of hydrogen-bond donors (Lipinski definition) is 2. The van der Waals surface area contributed by atoms with Crippen molar-refractivity contribution in [3.63, 3.8) is 0 Å². The van der Waals surface area contributed by atoms with Crippen molar-refractivity contribution >= 4 is 6.03 Å². The molecule has 2 aromatic rings. The lowest BCUT2D eigenvalue weighted by Gasteiger charge is -2.11. The van der Waals surface area contributed by atoms with Crippen molar-refractivity contribution in [2.24, 2.45) is 0 Å². The SMILES string of the molecule is O=C(NCc1cccc(OCC(F)F)c1)NCc1ccnc(OCC(F)(F)F)c1. The molecule has 1 aromatic heterocycles. The van der Waals surface area contributed by atoms with Gasteiger partial charge in [-0.2, -0.15) is 13.2 Å². The average molecular weight is 419 g/mol. The molecule has 0 aliphatic carbocycles. The molecule has 2 N–H and O–H groups in total. The molecule has 0 radical (unpaired) electrons. The summed E-state index contributed by atoms with van der Waals surface area (Å²) in [5.41, 5.74) is 1.13. The summed E-state index contributed by atoms with van der Waals surface area (Å²) in [6.07, 6.45) is -5.79. The van der Waals surface area contributed by atoms with E-state index < -0.39 is 31.8 Å². The van der Waals surface area contributed by atoms with E-state index in [4.69, 9.17) is 4.74 Å². The Labute approximate surface area is 163 Å². The van der Waals surface area contributed by atoms with Gasteiger partial charge in [0.25, 0.3) is 6.43 Å². The minimum absolute atomic E-state index is 0.0360. The molecule has 0 saturated carbocycles. The molecule has 2 rings (SSSR count). The summed E-state index contributed by atoms with van der Waals surface area (Å²) in [5, 5.41) is 5.11. The molecule has 0 spiro atoms. The van der Waals surface area contributed by atoms with Gasteiger partial charge in [-0.25, -0.2) is 18.6 Å². The second-order valence-electron chi connectivity index (χ2n) is 5.79. The monoisotopic (exact) mass is 419 g/mol. The van der Waals surface area contributed by atoms with Crippen LogP contribution in [-0.2, 0) is 13.1 Å². The third-order valence-electron chi connectivity index (χ3n) is 3.36. The number of aromatic nitrogens is 1. The summed E-state index contributed by atoms with van der Waals surface area (Å²) in [5.74, 6) is 0.0517. The number of nitrogens with zero attached hydrogens (tertiary/aromatic N) is 1. The molecule has 0 aliphatic rings. The van der Waals surface area contributed by atoms with E-state index in [-0.39, 0.29) is 24.7 Å². The predicted molar refractivity (Wildman–Crippen MR) is 92.8 cm³/mol. The van der Waals surface area contributed by atoms with Gasteiger partial charge < -0.3 is 20.1 Å². The topological polar surface area (TPSA) is 72.5 Å². The third-order valence-corrected chi connectivity index (χ3v) is 3.36. The number of carbonyl (C=O) groups is 1. The summed E-state index contributed by atoms with van der Waals surface area (Å²) >= 11 is 0. The van der Waals surface area contributed by atoms with E-state index in [1.807, 2.05) is 0 Å². The summed E-state index contributed by atoms with van der Waals surface area (Å²) in [4.78, 5) is 15.6. The van der Waals surface area contributed by atoms with E-state index in [1.54, 1.807) is 12.1 Å². The Morgan fingerprint density at radius 1 is 1.03 bits per heavy atom. The van der Waals surface area contributed by atoms with Crippen LogP contribution in [0.3, 0.4) is 0 Å². The van der Waals surface area contributed by atoms with E-state index in [2.05, 4.69) is 20.4 Å². The van der Waals surface area contributed by atoms with Gasteiger partial charge in [0, 0.05) is 25.4 Å². The first kappa shape index (κ1) is 22.2. The van der Waals surface area contributed by atoms with Gasteiger partial charge in [0.05, 0.1) is 0 Å². The van der Waals surface area contributed by atoms with Gasteiger partial charge in [0.2, 0.25) is 5.88 Å². The Balaban J connectivity index is 1.78. The summed E-state index contributed by atoms with van der Waals surface area (Å²) in [6.45, 7) is -2.03. The summed E-state index contributed by atoms with van der Waals surface area (Å²) in [7, 11) is 0. The largest absolute Gasteiger partial charge is 0.488 e. The number of nitrogens with one attached hydrogen (secondary N) is 2. The van der Waals surface area contributed by atoms with Crippen LogP contribution in [-0.4, -0.2) is 36.8 Å². The van der Waals surface area contributed by atoms with Crippen LogP contribution in [0.5, 0.6) is 11.6 Å². The van der Waals surface area contributed by atoms with Crippen LogP contribution in [0, 0.1) is 0 Å². The number of urea groups is 1. The fraction of sp³-hybridized carbons (Fsp3) is 0.333. The number of carbonyl (C=O) groups excluding carboxylic acids is 1. The molecule has 29 heavy (non-hydrogen) atoms. The highest BCUT2D eigenvalue weighted by molar-refractivity contribution is 5.73. The molecule has 0 saturated heterocycles. The van der Waals surface area contributed by atoms with Crippen molar-refractivity contribution in [2.75, 3.05) is 13.2 Å². The lowest BCUT2D eigenvalue weighted by Crippen LogP contribution is -2.34. The van der Waals surface area contributed by atoms with Gasteiger partial charge in [-0.1, -0.05) is 12.1 Å². The molecule has 0 bridgehead atoms. The molecule has 2 amide bonds. The van der Waals surface area contributed by atoms with Gasteiger partial charge in [0.1, 0.15) is 12.4 Å². The molecular weight excluding hydrogens is 401 g/mol. The van der Waals surface area contributed by atoms with Crippen molar-refractivity contribution in [2.45, 2.75) is 25.7 Å². The third kappa shape index (κ3) is 9.08. The highest BCUT2D eigenvalue weighted by Gasteiger charge is 2.28. The van der Waals surface area contributed by atoms with Crippen LogP contribution >= 0.6 is 0 Å². The molecule has 0 atom stereocenters. The Morgan fingerprint density at radius 3 is 2.38 bits per heavy atom. The number of alkyl halides is 5. The predicted octanol–water partition coefficient (Wildman–Crippen LogP) is 3.67. The smallest absolute Gasteiger partial charge is 0.422 e. The molecule has 11 heteroatoms. The van der Waals surface area contributed by atoms with Crippen molar-refractivity contribution in [1.82, 2.24) is 15.6 Å². The zero-order valence-electron chi connectivity index (χ0n) is 15.0. The number of amides is 2. The number of rotatable bonds is 9. The minimum atomic E-state index is -4.47. The van der Waals surface area contributed by atoms with Crippen LogP contribution in [0.25, 0.3) is 0 Å². The number of benzene rings is 1. The van der Waals surface area contributed by atoms with Crippen LogP contribution in [0.4, 0.5) is 26.7 Å². The van der Waals surface area contributed by atoms with Crippen molar-refractivity contribution in [3.05, 3.63) is 53.7 Å². The van der Waals surface area contributed by atoms with Gasteiger partial charge in [-0.15, -0.1) is 0 Å². The van der Waals surface area contributed by atoms with Crippen LogP contribution < -0.4 is 20.1 Å². The Bertz CT molecular complexity index is 802. The zero-order valence-corrected chi connectivity index (χ0v) is 15.0. The van der Waals surface area contributed by atoms with Crippen molar-refractivity contribution < 1.29 is 36.2 Å². The molecule has 1 aromatic carbocycles. The molecular formula is C18H18F5N3O3. The van der Waals surface area contributed by atoms with Gasteiger partial charge in [-0.3, -0.25) is 0 Å². The van der Waals surface area contributed by atoms with Gasteiger partial charge in [0.15, 0.2) is 6.61 Å². The van der Waals surface area contributed by atoms with Crippen LogP contribution in [0.1, 0.15) is 11.1 Å². The first-order chi connectivity index (χ1) is 13.7. The van der Waals surface area contributed by atoms with Crippen LogP contribution in [0.15, 0.2) is 42.6 Å². The molecule has 0 fully saturated rings. The van der Waals surface area contributed by atoms with Crippen molar-refractivity contribution in [1.29, 1.82) is 0 Å². The second kappa shape index (κ2) is 10.4. The maximum Gasteiger partial charge on any atom is 0.422 e. The Kier molecular flexibility index (Phi) is 7.98. The maximum absolute atomic E-state index is 12.2. The summed E-state index contributed by atoms with van der Waals surface area (Å²) < 4.78 is 70.3. The van der Waals surface area contributed by atoms with E-state index in [0.717, 1.165) is 0 Å². The molecule has 6 nitrogen and oxygen atoms in total. The average Bonchev–Trinajstić information content (AvgIpc) is 2.68. The number of ether oxygens (including phenoxy) is 2. The maximum atomic E-state index is 12.2. The molecule has 1 heterocycles. The number of pyridine rings is 1. The fourth-order valence-corrected chi connectivity index (χ4v) is 2.13. The second-order valence-corrected chi connectivity index (χ2v) is 5.79. The molecule has 0 aliphatic heterocycles. The summed E-state index contributed by atoms with van der Waals surface area (Å²) in [6, 6.07) is 8.61. The highest BCUT2D eigenvalue weighted by Crippen LogP contribution is 2.17. The molecule has 0 unspecified atom stereocenters.